The summed E-state index contributed by atoms with van der Waals surface area (Å²) in [7, 11) is 0. The summed E-state index contributed by atoms with van der Waals surface area (Å²) in [4.78, 5) is 14.4. The molecule has 2 atom stereocenters. The summed E-state index contributed by atoms with van der Waals surface area (Å²) in [6.07, 6.45) is 4.17. The summed E-state index contributed by atoms with van der Waals surface area (Å²) in [5.74, 6) is 0.809. The predicted octanol–water partition coefficient (Wildman–Crippen LogP) is 2.14. The largest absolute Gasteiger partial charge is 0.484 e. The zero-order valence-electron chi connectivity index (χ0n) is 12.5. The molecule has 0 aromatic heterocycles. The Morgan fingerprint density at radius 1 is 1.33 bits per heavy atom. The van der Waals surface area contributed by atoms with Crippen molar-refractivity contribution in [1.82, 2.24) is 4.90 Å². The van der Waals surface area contributed by atoms with Gasteiger partial charge in [0.25, 0.3) is 5.91 Å². The van der Waals surface area contributed by atoms with E-state index in [4.69, 9.17) is 4.74 Å². The van der Waals surface area contributed by atoms with Crippen molar-refractivity contribution in [2.24, 2.45) is 0 Å². The number of aliphatic hydroxyl groups excluding tert-OH is 1. The van der Waals surface area contributed by atoms with Crippen molar-refractivity contribution in [1.29, 1.82) is 0 Å². The third-order valence-corrected chi connectivity index (χ3v) is 4.67. The molecule has 2 unspecified atom stereocenters. The molecule has 2 aliphatic heterocycles. The highest BCUT2D eigenvalue weighted by Gasteiger charge is 2.42. The Kier molecular flexibility index (Phi) is 4.15. The Balaban J connectivity index is 1.59. The number of fused-ring (bicyclic) bond motifs is 2. The van der Waals surface area contributed by atoms with Crippen LogP contribution in [0.25, 0.3) is 0 Å². The van der Waals surface area contributed by atoms with E-state index in [0.29, 0.717) is 12.8 Å². The van der Waals surface area contributed by atoms with Crippen LogP contribution in [0.1, 0.15) is 38.2 Å². The average molecular weight is 289 g/mol. The minimum Gasteiger partial charge on any atom is -0.484 e. The number of ether oxygens (including phenoxy) is 1. The Morgan fingerprint density at radius 3 is 2.71 bits per heavy atom. The molecule has 1 aromatic rings. The van der Waals surface area contributed by atoms with Crippen molar-refractivity contribution in [3.05, 3.63) is 29.8 Å². The SMILES string of the molecule is CCc1cccc(OCC(=O)N2C3CCC2CC(O)C3)c1. The number of piperidine rings is 1. The van der Waals surface area contributed by atoms with E-state index in [9.17, 15) is 9.90 Å². The normalized spacial score (nSPS) is 27.7. The minimum absolute atomic E-state index is 0.0521. The summed E-state index contributed by atoms with van der Waals surface area (Å²) >= 11 is 0. The van der Waals surface area contributed by atoms with E-state index in [1.54, 1.807) is 0 Å². The van der Waals surface area contributed by atoms with Crippen molar-refractivity contribution in [3.8, 4) is 5.75 Å². The van der Waals surface area contributed by atoms with Gasteiger partial charge in [0.2, 0.25) is 0 Å². The first-order chi connectivity index (χ1) is 10.2. The lowest BCUT2D eigenvalue weighted by atomic mass is 10.00. The molecule has 2 heterocycles. The molecule has 21 heavy (non-hydrogen) atoms. The summed E-state index contributed by atoms with van der Waals surface area (Å²) < 4.78 is 5.66. The quantitative estimate of drug-likeness (QED) is 0.924. The van der Waals surface area contributed by atoms with Crippen LogP contribution in [0.15, 0.2) is 24.3 Å². The third kappa shape index (κ3) is 3.05. The molecule has 2 fully saturated rings. The molecule has 0 saturated carbocycles. The molecule has 2 bridgehead atoms. The van der Waals surface area contributed by atoms with Gasteiger partial charge >= 0.3 is 0 Å². The molecule has 0 radical (unpaired) electrons. The maximum atomic E-state index is 12.4. The van der Waals surface area contributed by atoms with Gasteiger partial charge in [0, 0.05) is 12.1 Å². The molecular formula is C17H23NO3. The van der Waals surface area contributed by atoms with Gasteiger partial charge in [-0.2, -0.15) is 0 Å². The van der Waals surface area contributed by atoms with Crippen molar-refractivity contribution in [2.75, 3.05) is 6.61 Å². The number of amides is 1. The first-order valence-corrected chi connectivity index (χ1v) is 7.88. The van der Waals surface area contributed by atoms with Crippen LogP contribution in [-0.4, -0.2) is 40.7 Å². The fourth-order valence-electron chi connectivity index (χ4n) is 3.63. The van der Waals surface area contributed by atoms with Gasteiger partial charge in [-0.25, -0.2) is 0 Å². The van der Waals surface area contributed by atoms with Gasteiger partial charge in [0.1, 0.15) is 5.75 Å². The van der Waals surface area contributed by atoms with Crippen molar-refractivity contribution in [3.63, 3.8) is 0 Å². The second-order valence-electron chi connectivity index (χ2n) is 6.10. The molecule has 2 saturated heterocycles. The monoisotopic (exact) mass is 289 g/mol. The fourth-order valence-corrected chi connectivity index (χ4v) is 3.63. The zero-order chi connectivity index (χ0) is 14.8. The van der Waals surface area contributed by atoms with Crippen LogP contribution in [0.5, 0.6) is 5.75 Å². The highest BCUT2D eigenvalue weighted by Crippen LogP contribution is 2.35. The highest BCUT2D eigenvalue weighted by molar-refractivity contribution is 5.79. The Bertz CT molecular complexity index is 503. The highest BCUT2D eigenvalue weighted by atomic mass is 16.5. The Hall–Kier alpha value is -1.55. The van der Waals surface area contributed by atoms with Gasteiger partial charge < -0.3 is 14.7 Å². The molecule has 0 spiro atoms. The van der Waals surface area contributed by atoms with Crippen LogP contribution < -0.4 is 4.74 Å². The molecule has 0 aliphatic carbocycles. The van der Waals surface area contributed by atoms with Crippen LogP contribution >= 0.6 is 0 Å². The molecule has 4 nitrogen and oxygen atoms in total. The number of carbonyl (C=O) groups is 1. The number of benzene rings is 1. The number of aryl methyl sites for hydroxylation is 1. The van der Waals surface area contributed by atoms with E-state index in [2.05, 4.69) is 13.0 Å². The van der Waals surface area contributed by atoms with Crippen molar-refractivity contribution in [2.45, 2.75) is 57.2 Å². The maximum Gasteiger partial charge on any atom is 0.261 e. The fraction of sp³-hybridized carbons (Fsp3) is 0.588. The third-order valence-electron chi connectivity index (χ3n) is 4.67. The van der Waals surface area contributed by atoms with Gasteiger partial charge in [-0.3, -0.25) is 4.79 Å². The summed E-state index contributed by atoms with van der Waals surface area (Å²) in [6, 6.07) is 8.30. The van der Waals surface area contributed by atoms with E-state index < -0.39 is 0 Å². The topological polar surface area (TPSA) is 49.8 Å². The smallest absolute Gasteiger partial charge is 0.261 e. The van der Waals surface area contributed by atoms with E-state index in [1.807, 2.05) is 23.1 Å². The molecule has 1 amide bonds. The van der Waals surface area contributed by atoms with Crippen LogP contribution in [0.2, 0.25) is 0 Å². The van der Waals surface area contributed by atoms with E-state index in [1.165, 1.54) is 5.56 Å². The van der Waals surface area contributed by atoms with Gasteiger partial charge in [-0.05, 0) is 49.8 Å². The first kappa shape index (κ1) is 14.4. The molecular weight excluding hydrogens is 266 g/mol. The minimum atomic E-state index is -0.242. The second kappa shape index (κ2) is 6.06. The van der Waals surface area contributed by atoms with E-state index in [0.717, 1.165) is 25.0 Å². The lowest BCUT2D eigenvalue weighted by Gasteiger charge is -2.37. The van der Waals surface area contributed by atoms with Crippen LogP contribution in [0.4, 0.5) is 0 Å². The first-order valence-electron chi connectivity index (χ1n) is 7.88. The van der Waals surface area contributed by atoms with Gasteiger partial charge in [0.05, 0.1) is 6.10 Å². The molecule has 1 N–H and O–H groups in total. The Labute approximate surface area is 125 Å². The van der Waals surface area contributed by atoms with Crippen molar-refractivity contribution < 1.29 is 14.6 Å². The number of carbonyl (C=O) groups excluding carboxylic acids is 1. The lowest BCUT2D eigenvalue weighted by Crippen LogP contribution is -2.49. The summed E-state index contributed by atoms with van der Waals surface area (Å²) in [6.45, 7) is 2.19. The second-order valence-corrected chi connectivity index (χ2v) is 6.10. The van der Waals surface area contributed by atoms with Gasteiger partial charge in [-0.15, -0.1) is 0 Å². The molecule has 4 heteroatoms. The zero-order valence-corrected chi connectivity index (χ0v) is 12.5. The molecule has 2 aliphatic rings. The number of rotatable bonds is 4. The molecule has 3 rings (SSSR count). The van der Waals surface area contributed by atoms with Crippen molar-refractivity contribution >= 4 is 5.91 Å². The summed E-state index contributed by atoms with van der Waals surface area (Å²) in [5, 5.41) is 9.79. The standard InChI is InChI=1S/C17H23NO3/c1-2-12-4-3-5-16(8-12)21-11-17(20)18-13-6-7-14(18)10-15(19)9-13/h3-5,8,13-15,19H,2,6-7,9-11H2,1H3. The number of aliphatic hydroxyl groups is 1. The lowest BCUT2D eigenvalue weighted by molar-refractivity contribution is -0.139. The van der Waals surface area contributed by atoms with Crippen LogP contribution in [-0.2, 0) is 11.2 Å². The van der Waals surface area contributed by atoms with Gasteiger partial charge in [-0.1, -0.05) is 19.1 Å². The number of nitrogens with zero attached hydrogens (tertiary/aromatic N) is 1. The maximum absolute atomic E-state index is 12.4. The number of hydrogen-bond donors (Lipinski definition) is 1. The van der Waals surface area contributed by atoms with Crippen LogP contribution in [0.3, 0.4) is 0 Å². The average Bonchev–Trinajstić information content (AvgIpc) is 2.77. The van der Waals surface area contributed by atoms with E-state index in [-0.39, 0.29) is 30.7 Å². The van der Waals surface area contributed by atoms with Gasteiger partial charge in [0.15, 0.2) is 6.61 Å². The van der Waals surface area contributed by atoms with Crippen LogP contribution in [0, 0.1) is 0 Å². The summed E-state index contributed by atoms with van der Waals surface area (Å²) in [5.41, 5.74) is 1.21. The molecule has 114 valence electrons. The molecule has 1 aromatic carbocycles. The number of hydrogen-bond acceptors (Lipinski definition) is 3. The predicted molar refractivity (Wildman–Crippen MR) is 80.2 cm³/mol. The Morgan fingerprint density at radius 2 is 2.05 bits per heavy atom. The van der Waals surface area contributed by atoms with E-state index >= 15 is 0 Å².